The zero-order valence-corrected chi connectivity index (χ0v) is 14.0. The van der Waals surface area contributed by atoms with Crippen molar-refractivity contribution in [2.24, 2.45) is 0 Å². The van der Waals surface area contributed by atoms with Crippen molar-refractivity contribution in [1.29, 1.82) is 5.26 Å². The lowest BCUT2D eigenvalue weighted by Gasteiger charge is -1.97. The van der Waals surface area contributed by atoms with Gasteiger partial charge in [0.05, 0.1) is 11.3 Å². The first kappa shape index (κ1) is 15.5. The van der Waals surface area contributed by atoms with Crippen molar-refractivity contribution in [1.82, 2.24) is 4.98 Å². The lowest BCUT2D eigenvalue weighted by atomic mass is 10.1. The normalized spacial score (nSPS) is 11.3. The van der Waals surface area contributed by atoms with Crippen LogP contribution in [-0.2, 0) is 0 Å². The van der Waals surface area contributed by atoms with Crippen molar-refractivity contribution in [2.75, 3.05) is 0 Å². The maximum atomic E-state index is 9.49. The van der Waals surface area contributed by atoms with Crippen molar-refractivity contribution < 1.29 is 0 Å². The van der Waals surface area contributed by atoms with Crippen LogP contribution >= 0.6 is 22.9 Å². The monoisotopic (exact) mass is 336 g/mol. The first-order valence-corrected chi connectivity index (χ1v) is 8.27. The van der Waals surface area contributed by atoms with Gasteiger partial charge in [-0.1, -0.05) is 54.1 Å². The predicted molar refractivity (Wildman–Crippen MR) is 97.2 cm³/mol. The Bertz CT molecular complexity index is 887. The summed E-state index contributed by atoms with van der Waals surface area (Å²) in [5.41, 5.74) is 3.49. The van der Waals surface area contributed by atoms with Crippen LogP contribution in [0, 0.1) is 18.3 Å². The Balaban J connectivity index is 2.00. The van der Waals surface area contributed by atoms with Crippen LogP contribution in [0.5, 0.6) is 0 Å². The summed E-state index contributed by atoms with van der Waals surface area (Å²) in [6.07, 6.45) is 1.84. The molecule has 3 aromatic rings. The molecule has 0 radical (unpaired) electrons. The van der Waals surface area contributed by atoms with Crippen LogP contribution in [-0.4, -0.2) is 4.98 Å². The number of halogens is 1. The van der Waals surface area contributed by atoms with E-state index in [-0.39, 0.29) is 0 Å². The molecule has 1 aromatic heterocycles. The molecule has 2 nitrogen and oxygen atoms in total. The molecule has 112 valence electrons. The summed E-state index contributed by atoms with van der Waals surface area (Å²) in [7, 11) is 0. The smallest absolute Gasteiger partial charge is 0.134 e. The van der Waals surface area contributed by atoms with Gasteiger partial charge in [0.15, 0.2) is 0 Å². The van der Waals surface area contributed by atoms with E-state index in [0.717, 1.165) is 26.7 Å². The molecule has 0 unspecified atom stereocenters. The Morgan fingerprint density at radius 1 is 1.13 bits per heavy atom. The molecule has 2 aromatic carbocycles. The minimum Gasteiger partial charge on any atom is -0.235 e. The molecular weight excluding hydrogens is 324 g/mol. The number of rotatable bonds is 3. The van der Waals surface area contributed by atoms with Gasteiger partial charge in [-0.25, -0.2) is 4.98 Å². The molecule has 4 heteroatoms. The number of hydrogen-bond acceptors (Lipinski definition) is 3. The second-order valence-electron chi connectivity index (χ2n) is 5.01. The zero-order chi connectivity index (χ0) is 16.2. The topological polar surface area (TPSA) is 36.7 Å². The van der Waals surface area contributed by atoms with E-state index in [2.05, 4.69) is 11.1 Å². The highest BCUT2D eigenvalue weighted by Gasteiger charge is 2.12. The molecule has 0 N–H and O–H groups in total. The highest BCUT2D eigenvalue weighted by Crippen LogP contribution is 2.31. The average molecular weight is 337 g/mol. The standard InChI is InChI=1S/C19H13ClN2S/c1-13-18(15-5-3-2-4-6-15)22-19(23-13)16(12-21)11-14-7-9-17(20)10-8-14/h2-11H,1H3/b16-11-. The van der Waals surface area contributed by atoms with Crippen LogP contribution in [0.4, 0.5) is 0 Å². The SMILES string of the molecule is Cc1sc(/C(C#N)=C\c2ccc(Cl)cc2)nc1-c1ccccc1. The van der Waals surface area contributed by atoms with Crippen LogP contribution in [0.15, 0.2) is 54.6 Å². The number of aromatic nitrogens is 1. The van der Waals surface area contributed by atoms with Gasteiger partial charge in [-0.05, 0) is 30.7 Å². The highest BCUT2D eigenvalue weighted by atomic mass is 35.5. The fourth-order valence-corrected chi connectivity index (χ4v) is 3.27. The van der Waals surface area contributed by atoms with Crippen LogP contribution in [0.2, 0.25) is 5.02 Å². The summed E-state index contributed by atoms with van der Waals surface area (Å²) in [4.78, 5) is 5.77. The molecule has 0 aliphatic carbocycles. The Kier molecular flexibility index (Phi) is 4.57. The highest BCUT2D eigenvalue weighted by molar-refractivity contribution is 7.13. The third-order valence-electron chi connectivity index (χ3n) is 3.38. The van der Waals surface area contributed by atoms with Crippen molar-refractivity contribution in [3.8, 4) is 17.3 Å². The predicted octanol–water partition coefficient (Wildman–Crippen LogP) is 5.84. The Morgan fingerprint density at radius 3 is 2.48 bits per heavy atom. The fraction of sp³-hybridized carbons (Fsp3) is 0.0526. The van der Waals surface area contributed by atoms with E-state index >= 15 is 0 Å². The summed E-state index contributed by atoms with van der Waals surface area (Å²) in [6.45, 7) is 2.03. The molecule has 0 saturated heterocycles. The summed E-state index contributed by atoms with van der Waals surface area (Å²) in [6, 6.07) is 19.7. The van der Waals surface area contributed by atoms with Gasteiger partial charge in [-0.3, -0.25) is 0 Å². The molecule has 0 bridgehead atoms. The Morgan fingerprint density at radius 2 is 1.83 bits per heavy atom. The lowest BCUT2D eigenvalue weighted by Crippen LogP contribution is -1.83. The van der Waals surface area contributed by atoms with Crippen LogP contribution in [0.3, 0.4) is 0 Å². The third-order valence-corrected chi connectivity index (χ3v) is 4.63. The molecule has 0 atom stereocenters. The number of hydrogen-bond donors (Lipinski definition) is 0. The molecule has 0 amide bonds. The summed E-state index contributed by atoms with van der Waals surface area (Å²) >= 11 is 7.43. The van der Waals surface area contributed by atoms with Gasteiger partial charge in [-0.2, -0.15) is 5.26 Å². The van der Waals surface area contributed by atoms with Gasteiger partial charge in [0.25, 0.3) is 0 Å². The van der Waals surface area contributed by atoms with Gasteiger partial charge in [0, 0.05) is 15.5 Å². The van der Waals surface area contributed by atoms with E-state index in [1.165, 1.54) is 11.3 Å². The third kappa shape index (κ3) is 3.50. The minimum absolute atomic E-state index is 0.558. The molecule has 3 rings (SSSR count). The molecule has 0 aliphatic rings. The molecule has 0 fully saturated rings. The molecule has 0 saturated carbocycles. The number of aryl methyl sites for hydroxylation is 1. The van der Waals surface area contributed by atoms with E-state index in [9.17, 15) is 5.26 Å². The van der Waals surface area contributed by atoms with Gasteiger partial charge in [0.1, 0.15) is 11.1 Å². The van der Waals surface area contributed by atoms with E-state index in [0.29, 0.717) is 10.6 Å². The van der Waals surface area contributed by atoms with E-state index in [1.807, 2.05) is 67.6 Å². The van der Waals surface area contributed by atoms with Crippen molar-refractivity contribution in [3.05, 3.63) is 75.1 Å². The molecule has 1 heterocycles. The maximum absolute atomic E-state index is 9.49. The summed E-state index contributed by atoms with van der Waals surface area (Å²) in [5, 5.41) is 10.9. The van der Waals surface area contributed by atoms with Crippen LogP contribution in [0.25, 0.3) is 22.9 Å². The summed E-state index contributed by atoms with van der Waals surface area (Å²) in [5.74, 6) is 0. The van der Waals surface area contributed by atoms with Gasteiger partial charge in [-0.15, -0.1) is 11.3 Å². The second-order valence-corrected chi connectivity index (χ2v) is 6.65. The van der Waals surface area contributed by atoms with Crippen LogP contribution in [0.1, 0.15) is 15.4 Å². The molecule has 23 heavy (non-hydrogen) atoms. The summed E-state index contributed by atoms with van der Waals surface area (Å²) < 4.78 is 0. The quantitative estimate of drug-likeness (QED) is 0.564. The van der Waals surface area contributed by atoms with Crippen molar-refractivity contribution in [2.45, 2.75) is 6.92 Å². The molecule has 0 aliphatic heterocycles. The Labute approximate surface area is 144 Å². The lowest BCUT2D eigenvalue weighted by molar-refractivity contribution is 1.34. The van der Waals surface area contributed by atoms with Crippen LogP contribution < -0.4 is 0 Å². The fourth-order valence-electron chi connectivity index (χ4n) is 2.24. The van der Waals surface area contributed by atoms with Gasteiger partial charge < -0.3 is 0 Å². The average Bonchev–Trinajstić information content (AvgIpc) is 2.97. The van der Waals surface area contributed by atoms with E-state index in [4.69, 9.17) is 11.6 Å². The number of benzene rings is 2. The second kappa shape index (κ2) is 6.78. The van der Waals surface area contributed by atoms with Gasteiger partial charge in [0.2, 0.25) is 0 Å². The number of nitriles is 1. The van der Waals surface area contributed by atoms with Crippen molar-refractivity contribution in [3.63, 3.8) is 0 Å². The number of thiazole rings is 1. The minimum atomic E-state index is 0.558. The molecular formula is C19H13ClN2S. The first-order chi connectivity index (χ1) is 11.2. The maximum Gasteiger partial charge on any atom is 0.134 e. The largest absolute Gasteiger partial charge is 0.235 e. The van der Waals surface area contributed by atoms with E-state index < -0.39 is 0 Å². The van der Waals surface area contributed by atoms with Crippen molar-refractivity contribution >= 4 is 34.6 Å². The molecule has 0 spiro atoms. The first-order valence-electron chi connectivity index (χ1n) is 7.08. The number of allylic oxidation sites excluding steroid dienone is 1. The van der Waals surface area contributed by atoms with Gasteiger partial charge >= 0.3 is 0 Å². The number of nitrogens with zero attached hydrogens (tertiary/aromatic N) is 2. The van der Waals surface area contributed by atoms with E-state index in [1.54, 1.807) is 0 Å². The Hall–Kier alpha value is -2.41. The zero-order valence-electron chi connectivity index (χ0n) is 12.5.